The van der Waals surface area contributed by atoms with E-state index in [2.05, 4.69) is 4.72 Å². The number of sulfonamides is 1. The van der Waals surface area contributed by atoms with Gasteiger partial charge in [0.05, 0.1) is 5.75 Å². The highest BCUT2D eigenvalue weighted by molar-refractivity contribution is 7.88. The second-order valence-corrected chi connectivity index (χ2v) is 6.39. The van der Waals surface area contributed by atoms with Crippen LogP contribution in [0.3, 0.4) is 0 Å². The SMILES string of the molecule is C[C@@H](NS(=O)(=O)Cc1ccc(F)cc1)c1ccccc1. The molecular formula is C15H16FNO2S. The smallest absolute Gasteiger partial charge is 0.212 e. The summed E-state index contributed by atoms with van der Waals surface area (Å²) in [5, 5.41) is 0. The van der Waals surface area contributed by atoms with E-state index in [9.17, 15) is 12.8 Å². The third kappa shape index (κ3) is 4.15. The highest BCUT2D eigenvalue weighted by Crippen LogP contribution is 2.14. The number of rotatable bonds is 5. The molecule has 0 unspecified atom stereocenters. The monoisotopic (exact) mass is 293 g/mol. The minimum absolute atomic E-state index is 0.162. The van der Waals surface area contributed by atoms with Crippen molar-refractivity contribution in [1.29, 1.82) is 0 Å². The first-order chi connectivity index (χ1) is 9.46. The molecule has 1 atom stereocenters. The van der Waals surface area contributed by atoms with Crippen LogP contribution in [0.1, 0.15) is 24.1 Å². The summed E-state index contributed by atoms with van der Waals surface area (Å²) in [6, 6.07) is 14.5. The quantitative estimate of drug-likeness (QED) is 0.921. The lowest BCUT2D eigenvalue weighted by Crippen LogP contribution is -2.28. The Morgan fingerprint density at radius 3 is 2.25 bits per heavy atom. The molecule has 3 nitrogen and oxygen atoms in total. The van der Waals surface area contributed by atoms with Gasteiger partial charge in [-0.25, -0.2) is 17.5 Å². The highest BCUT2D eigenvalue weighted by atomic mass is 32.2. The molecular weight excluding hydrogens is 277 g/mol. The van der Waals surface area contributed by atoms with Gasteiger partial charge >= 0.3 is 0 Å². The molecule has 106 valence electrons. The van der Waals surface area contributed by atoms with Gasteiger partial charge in [-0.05, 0) is 30.2 Å². The van der Waals surface area contributed by atoms with Gasteiger partial charge in [-0.15, -0.1) is 0 Å². The van der Waals surface area contributed by atoms with E-state index in [1.165, 1.54) is 24.3 Å². The number of nitrogens with one attached hydrogen (secondary N) is 1. The van der Waals surface area contributed by atoms with Crippen LogP contribution in [0.15, 0.2) is 54.6 Å². The Morgan fingerprint density at radius 2 is 1.65 bits per heavy atom. The standard InChI is InChI=1S/C15H16FNO2S/c1-12(14-5-3-2-4-6-14)17-20(18,19)11-13-7-9-15(16)10-8-13/h2-10,12,17H,11H2,1H3/t12-/m1/s1. The van der Waals surface area contributed by atoms with Crippen molar-refractivity contribution in [3.05, 3.63) is 71.5 Å². The predicted molar refractivity (Wildman–Crippen MR) is 77.0 cm³/mol. The molecule has 0 aliphatic heterocycles. The summed E-state index contributed by atoms with van der Waals surface area (Å²) >= 11 is 0. The van der Waals surface area contributed by atoms with Crippen molar-refractivity contribution in [3.63, 3.8) is 0 Å². The lowest BCUT2D eigenvalue weighted by Gasteiger charge is -2.14. The second-order valence-electron chi connectivity index (χ2n) is 4.64. The van der Waals surface area contributed by atoms with Crippen molar-refractivity contribution < 1.29 is 12.8 Å². The molecule has 5 heteroatoms. The second kappa shape index (κ2) is 6.15. The molecule has 0 spiro atoms. The predicted octanol–water partition coefficient (Wildman–Crippen LogP) is 3.01. The highest BCUT2D eigenvalue weighted by Gasteiger charge is 2.16. The lowest BCUT2D eigenvalue weighted by molar-refractivity contribution is 0.566. The van der Waals surface area contributed by atoms with Crippen LogP contribution in [0.2, 0.25) is 0 Å². The fourth-order valence-electron chi connectivity index (χ4n) is 1.92. The maximum absolute atomic E-state index is 12.8. The number of benzene rings is 2. The summed E-state index contributed by atoms with van der Waals surface area (Å²) in [6.45, 7) is 1.79. The zero-order valence-electron chi connectivity index (χ0n) is 11.1. The zero-order chi connectivity index (χ0) is 14.6. The van der Waals surface area contributed by atoms with E-state index in [0.717, 1.165) is 5.56 Å². The Morgan fingerprint density at radius 1 is 1.05 bits per heavy atom. The van der Waals surface area contributed by atoms with Gasteiger partial charge in [-0.1, -0.05) is 42.5 Å². The van der Waals surface area contributed by atoms with Crippen molar-refractivity contribution in [2.45, 2.75) is 18.7 Å². The van der Waals surface area contributed by atoms with E-state index in [1.54, 1.807) is 6.92 Å². The van der Waals surface area contributed by atoms with Crippen molar-refractivity contribution in [2.24, 2.45) is 0 Å². The summed E-state index contributed by atoms with van der Waals surface area (Å²) in [7, 11) is -3.47. The van der Waals surface area contributed by atoms with Gasteiger partial charge in [-0.2, -0.15) is 0 Å². The maximum Gasteiger partial charge on any atom is 0.216 e. The minimum Gasteiger partial charge on any atom is -0.212 e. The first-order valence-electron chi connectivity index (χ1n) is 6.26. The van der Waals surface area contributed by atoms with Gasteiger partial charge in [-0.3, -0.25) is 0 Å². The van der Waals surface area contributed by atoms with Gasteiger partial charge in [0.2, 0.25) is 10.0 Å². The summed E-state index contributed by atoms with van der Waals surface area (Å²) < 4.78 is 39.5. The fourth-order valence-corrected chi connectivity index (χ4v) is 3.31. The summed E-state index contributed by atoms with van der Waals surface area (Å²) in [5.41, 5.74) is 1.45. The molecule has 0 bridgehead atoms. The van der Waals surface area contributed by atoms with Crippen LogP contribution in [-0.4, -0.2) is 8.42 Å². The average Bonchev–Trinajstić information content (AvgIpc) is 2.41. The molecule has 1 N–H and O–H groups in total. The van der Waals surface area contributed by atoms with Crippen molar-refractivity contribution in [3.8, 4) is 0 Å². The normalized spacial score (nSPS) is 13.1. The maximum atomic E-state index is 12.8. The molecule has 0 fully saturated rings. The average molecular weight is 293 g/mol. The van der Waals surface area contributed by atoms with Crippen LogP contribution < -0.4 is 4.72 Å². The molecule has 2 aromatic carbocycles. The molecule has 0 saturated carbocycles. The lowest BCUT2D eigenvalue weighted by atomic mass is 10.1. The first-order valence-corrected chi connectivity index (χ1v) is 7.91. The zero-order valence-corrected chi connectivity index (χ0v) is 11.9. The molecule has 0 aliphatic carbocycles. The van der Waals surface area contributed by atoms with E-state index in [1.807, 2.05) is 30.3 Å². The molecule has 0 heterocycles. The van der Waals surface area contributed by atoms with E-state index >= 15 is 0 Å². The molecule has 0 aliphatic rings. The largest absolute Gasteiger partial charge is 0.216 e. The Bertz CT molecular complexity index is 654. The number of halogens is 1. The van der Waals surface area contributed by atoms with E-state index < -0.39 is 10.0 Å². The van der Waals surface area contributed by atoms with Gasteiger partial charge in [0, 0.05) is 6.04 Å². The third-order valence-corrected chi connectivity index (χ3v) is 4.35. The van der Waals surface area contributed by atoms with Crippen molar-refractivity contribution in [2.75, 3.05) is 0 Å². The van der Waals surface area contributed by atoms with Crippen molar-refractivity contribution in [1.82, 2.24) is 4.72 Å². The Balaban J connectivity index is 2.06. The summed E-state index contributed by atoms with van der Waals surface area (Å²) in [5.74, 6) is -0.540. The number of hydrogen-bond donors (Lipinski definition) is 1. The van der Waals surface area contributed by atoms with Crippen LogP contribution in [-0.2, 0) is 15.8 Å². The molecule has 0 amide bonds. The Kier molecular flexibility index (Phi) is 4.52. The number of hydrogen-bond acceptors (Lipinski definition) is 2. The summed E-state index contributed by atoms with van der Waals surface area (Å²) in [4.78, 5) is 0. The molecule has 20 heavy (non-hydrogen) atoms. The van der Waals surface area contributed by atoms with Crippen molar-refractivity contribution >= 4 is 10.0 Å². The van der Waals surface area contributed by atoms with Gasteiger partial charge in [0.25, 0.3) is 0 Å². The first kappa shape index (κ1) is 14.7. The molecule has 2 rings (SSSR count). The van der Waals surface area contributed by atoms with E-state index in [4.69, 9.17) is 0 Å². The van der Waals surface area contributed by atoms with Crippen LogP contribution in [0.5, 0.6) is 0 Å². The molecule has 0 aromatic heterocycles. The van der Waals surface area contributed by atoms with Crippen LogP contribution in [0.4, 0.5) is 4.39 Å². The Hall–Kier alpha value is -1.72. The van der Waals surface area contributed by atoms with Gasteiger partial charge in [0.1, 0.15) is 5.82 Å². The Labute approximate surface area is 118 Å². The molecule has 0 saturated heterocycles. The molecule has 0 radical (unpaired) electrons. The van der Waals surface area contributed by atoms with E-state index in [0.29, 0.717) is 5.56 Å². The van der Waals surface area contributed by atoms with E-state index in [-0.39, 0.29) is 17.6 Å². The van der Waals surface area contributed by atoms with Crippen LogP contribution in [0, 0.1) is 5.82 Å². The fraction of sp³-hybridized carbons (Fsp3) is 0.200. The molecule has 2 aromatic rings. The minimum atomic E-state index is -3.47. The van der Waals surface area contributed by atoms with Gasteiger partial charge in [0.15, 0.2) is 0 Å². The van der Waals surface area contributed by atoms with Crippen LogP contribution >= 0.6 is 0 Å². The third-order valence-electron chi connectivity index (χ3n) is 2.93. The van der Waals surface area contributed by atoms with Crippen LogP contribution in [0.25, 0.3) is 0 Å². The summed E-state index contributed by atoms with van der Waals surface area (Å²) in [6.07, 6.45) is 0. The van der Waals surface area contributed by atoms with Gasteiger partial charge < -0.3 is 0 Å². The topological polar surface area (TPSA) is 46.2 Å².